The highest BCUT2D eigenvalue weighted by atomic mass is 19.1. The number of aromatic nitrogens is 5. The van der Waals surface area contributed by atoms with Gasteiger partial charge in [0.2, 0.25) is 0 Å². The first kappa shape index (κ1) is 19.7. The molecule has 2 N–H and O–H groups in total. The Morgan fingerprint density at radius 2 is 1.94 bits per heavy atom. The average Bonchev–Trinajstić information content (AvgIpc) is 3.46. The van der Waals surface area contributed by atoms with Crippen LogP contribution in [0, 0.1) is 5.82 Å². The number of halogens is 1. The minimum Gasteiger partial charge on any atom is -0.493 e. The molecule has 0 fully saturated rings. The Morgan fingerprint density at radius 3 is 2.72 bits per heavy atom. The lowest BCUT2D eigenvalue weighted by molar-refractivity contribution is -0.122. The maximum Gasteiger partial charge on any atom is 0.290 e. The van der Waals surface area contributed by atoms with Gasteiger partial charge in [-0.05, 0) is 18.2 Å². The standard InChI is InChI=1S/C20H15FN6O2.CH2O2/c21-15-1-2-16-18-12(7-28-16)8-29-17-3-13(11-4-22-9-23-5-11)19-26-25-10-27(19)20(17)24-6-14(15)18;2-1-3/h1-5,9-10,12,24H,6-8H2;1H,(H,2,3)/t12-;/m1./s1. The van der Waals surface area contributed by atoms with Crippen LogP contribution in [0.15, 0.2) is 43.2 Å². The summed E-state index contributed by atoms with van der Waals surface area (Å²) in [5.41, 5.74) is 3.72. The quantitative estimate of drug-likeness (QED) is 0.433. The molecule has 0 unspecified atom stereocenters. The van der Waals surface area contributed by atoms with E-state index in [1.54, 1.807) is 24.8 Å². The van der Waals surface area contributed by atoms with Crippen LogP contribution >= 0.6 is 0 Å². The van der Waals surface area contributed by atoms with Gasteiger partial charge in [0.15, 0.2) is 17.2 Å². The first-order valence-electron chi connectivity index (χ1n) is 9.72. The topological polar surface area (TPSA) is 124 Å². The second kappa shape index (κ2) is 8.10. The van der Waals surface area contributed by atoms with Crippen LogP contribution in [0.5, 0.6) is 11.5 Å². The molecule has 1 aromatic carbocycles. The van der Waals surface area contributed by atoms with E-state index in [9.17, 15) is 4.39 Å². The molecule has 32 heavy (non-hydrogen) atoms. The maximum atomic E-state index is 14.6. The molecule has 0 radical (unpaired) electrons. The predicted octanol–water partition coefficient (Wildman–Crippen LogP) is 2.51. The van der Waals surface area contributed by atoms with Crippen LogP contribution in [0.4, 0.5) is 10.2 Å². The van der Waals surface area contributed by atoms with Gasteiger partial charge in [-0.15, -0.1) is 10.2 Å². The van der Waals surface area contributed by atoms with Crippen molar-refractivity contribution in [2.45, 2.75) is 12.5 Å². The monoisotopic (exact) mass is 436 g/mol. The van der Waals surface area contributed by atoms with Crippen LogP contribution < -0.4 is 14.8 Å². The number of nitrogens with one attached hydrogen (secondary N) is 1. The van der Waals surface area contributed by atoms with Crippen LogP contribution in [0.25, 0.3) is 16.8 Å². The van der Waals surface area contributed by atoms with Crippen molar-refractivity contribution in [1.29, 1.82) is 0 Å². The largest absolute Gasteiger partial charge is 0.493 e. The van der Waals surface area contributed by atoms with Crippen molar-refractivity contribution in [2.24, 2.45) is 0 Å². The molecule has 0 amide bonds. The van der Waals surface area contributed by atoms with Gasteiger partial charge >= 0.3 is 0 Å². The molecule has 11 heteroatoms. The maximum absolute atomic E-state index is 14.6. The molecular formula is C21H17FN6O4. The second-order valence-electron chi connectivity index (χ2n) is 7.14. The Balaban J connectivity index is 0.000000684. The predicted molar refractivity (Wildman–Crippen MR) is 110 cm³/mol. The van der Waals surface area contributed by atoms with Crippen LogP contribution in [-0.2, 0) is 11.3 Å². The molecule has 1 atom stereocenters. The lowest BCUT2D eigenvalue weighted by Crippen LogP contribution is -2.13. The molecule has 3 aromatic heterocycles. The fraction of sp³-hybridized carbons (Fsp3) is 0.190. The number of hydrogen-bond acceptors (Lipinski definition) is 8. The fourth-order valence-electron chi connectivity index (χ4n) is 4.04. The van der Waals surface area contributed by atoms with Gasteiger partial charge in [-0.2, -0.15) is 0 Å². The zero-order valence-electron chi connectivity index (χ0n) is 16.6. The highest BCUT2D eigenvalue weighted by Crippen LogP contribution is 2.41. The highest BCUT2D eigenvalue weighted by molar-refractivity contribution is 5.81. The smallest absolute Gasteiger partial charge is 0.290 e. The molecule has 2 aliphatic rings. The fourth-order valence-corrected chi connectivity index (χ4v) is 4.04. The highest BCUT2D eigenvalue weighted by Gasteiger charge is 2.31. The minimum absolute atomic E-state index is 0.0384. The molecule has 0 aliphatic carbocycles. The molecule has 2 aliphatic heterocycles. The van der Waals surface area contributed by atoms with Gasteiger partial charge < -0.3 is 19.9 Å². The van der Waals surface area contributed by atoms with Crippen LogP contribution in [0.2, 0.25) is 0 Å². The lowest BCUT2D eigenvalue weighted by Gasteiger charge is -2.16. The van der Waals surface area contributed by atoms with Crippen molar-refractivity contribution in [1.82, 2.24) is 24.6 Å². The van der Waals surface area contributed by atoms with Gasteiger partial charge in [-0.25, -0.2) is 14.4 Å². The lowest BCUT2D eigenvalue weighted by atomic mass is 9.96. The van der Waals surface area contributed by atoms with E-state index in [2.05, 4.69) is 25.5 Å². The summed E-state index contributed by atoms with van der Waals surface area (Å²) in [6.45, 7) is 0.887. The first-order valence-corrected chi connectivity index (χ1v) is 9.72. The number of anilines is 1. The van der Waals surface area contributed by atoms with Gasteiger partial charge in [-0.3, -0.25) is 9.20 Å². The van der Waals surface area contributed by atoms with Crippen molar-refractivity contribution in [3.05, 3.63) is 60.2 Å². The van der Waals surface area contributed by atoms with Crippen molar-refractivity contribution in [3.63, 3.8) is 0 Å². The van der Waals surface area contributed by atoms with Crippen molar-refractivity contribution in [3.8, 4) is 22.6 Å². The van der Waals surface area contributed by atoms with Crippen molar-refractivity contribution < 1.29 is 23.8 Å². The van der Waals surface area contributed by atoms with E-state index < -0.39 is 0 Å². The Labute approximate surface area is 180 Å². The van der Waals surface area contributed by atoms with Crippen LogP contribution in [-0.4, -0.2) is 49.4 Å². The first-order chi connectivity index (χ1) is 15.7. The summed E-state index contributed by atoms with van der Waals surface area (Å²) >= 11 is 0. The van der Waals surface area contributed by atoms with E-state index in [1.807, 2.05) is 10.5 Å². The van der Waals surface area contributed by atoms with Crippen LogP contribution in [0.3, 0.4) is 0 Å². The number of fused-ring (bicyclic) bond motifs is 3. The average molecular weight is 436 g/mol. The molecule has 0 saturated carbocycles. The summed E-state index contributed by atoms with van der Waals surface area (Å²) in [6.07, 6.45) is 6.52. The minimum atomic E-state index is -0.256. The third-order valence-electron chi connectivity index (χ3n) is 5.39. The summed E-state index contributed by atoms with van der Waals surface area (Å²) in [7, 11) is 0. The van der Waals surface area contributed by atoms with E-state index in [0.717, 1.165) is 22.4 Å². The zero-order valence-corrected chi connectivity index (χ0v) is 16.6. The molecule has 0 bridgehead atoms. The van der Waals surface area contributed by atoms with E-state index in [4.69, 9.17) is 19.4 Å². The summed E-state index contributed by atoms with van der Waals surface area (Å²) in [4.78, 5) is 16.6. The number of benzene rings is 1. The number of ether oxygens (including phenoxy) is 2. The van der Waals surface area contributed by atoms with Gasteiger partial charge in [-0.1, -0.05) is 0 Å². The number of carbonyl (C=O) groups is 1. The number of rotatable bonds is 1. The van der Waals surface area contributed by atoms with Gasteiger partial charge in [0.1, 0.15) is 24.2 Å². The summed E-state index contributed by atoms with van der Waals surface area (Å²) in [6, 6.07) is 5.03. The van der Waals surface area contributed by atoms with Crippen molar-refractivity contribution in [2.75, 3.05) is 18.5 Å². The normalized spacial score (nSPS) is 16.0. The summed E-state index contributed by atoms with van der Waals surface area (Å²) < 4.78 is 28.4. The van der Waals surface area contributed by atoms with Crippen LogP contribution in [0.1, 0.15) is 17.0 Å². The molecule has 4 aromatic rings. The number of nitrogens with zero attached hydrogens (tertiary/aromatic N) is 5. The number of carboxylic acid groups (broad SMARTS) is 1. The third-order valence-corrected chi connectivity index (χ3v) is 5.39. The molecule has 5 heterocycles. The zero-order chi connectivity index (χ0) is 22.1. The Kier molecular flexibility index (Phi) is 4.98. The van der Waals surface area contributed by atoms with Gasteiger partial charge in [0.05, 0.1) is 19.1 Å². The molecule has 162 valence electrons. The molecule has 10 nitrogen and oxygen atoms in total. The van der Waals surface area contributed by atoms with E-state index in [-0.39, 0.29) is 18.2 Å². The van der Waals surface area contributed by atoms with Gasteiger partial charge in [0.25, 0.3) is 6.47 Å². The molecule has 0 saturated heterocycles. The van der Waals surface area contributed by atoms with Gasteiger partial charge in [0, 0.05) is 41.2 Å². The third kappa shape index (κ3) is 3.23. The summed E-state index contributed by atoms with van der Waals surface area (Å²) in [5, 5.41) is 18.5. The molecule has 0 spiro atoms. The Hall–Kier alpha value is -4.28. The summed E-state index contributed by atoms with van der Waals surface area (Å²) in [5.74, 6) is 1.72. The molecular weight excluding hydrogens is 419 g/mol. The Morgan fingerprint density at radius 1 is 1.19 bits per heavy atom. The van der Waals surface area contributed by atoms with Crippen molar-refractivity contribution >= 4 is 17.9 Å². The van der Waals surface area contributed by atoms with E-state index >= 15 is 0 Å². The second-order valence-corrected chi connectivity index (χ2v) is 7.14. The Bertz CT molecular complexity index is 1300. The molecule has 6 rings (SSSR count). The SMILES string of the molecule is Fc1ccc2c3c1CNc1c(cc(-c4cncnc4)c4nncn14)OC[C@H]3CO2.O=CO. The van der Waals surface area contributed by atoms with E-state index in [1.165, 1.54) is 12.4 Å². The number of pyridine rings is 1. The van der Waals surface area contributed by atoms with E-state index in [0.29, 0.717) is 42.5 Å². The number of hydrogen-bond donors (Lipinski definition) is 2.